The lowest BCUT2D eigenvalue weighted by molar-refractivity contribution is 0.242. The largest absolute Gasteiger partial charge is 0.491 e. The van der Waals surface area contributed by atoms with E-state index < -0.39 is 0 Å². The molecule has 24 heavy (non-hydrogen) atoms. The van der Waals surface area contributed by atoms with E-state index in [4.69, 9.17) is 14.2 Å². The lowest BCUT2D eigenvalue weighted by atomic mass is 9.78. The summed E-state index contributed by atoms with van der Waals surface area (Å²) in [6.07, 6.45) is 0.461. The Morgan fingerprint density at radius 2 is 1.75 bits per heavy atom. The first-order valence-corrected chi connectivity index (χ1v) is 8.57. The fraction of sp³-hybridized carbons (Fsp3) is 0.429. The van der Waals surface area contributed by atoms with Gasteiger partial charge in [-0.1, -0.05) is 38.1 Å². The average molecular weight is 326 g/mol. The van der Waals surface area contributed by atoms with Gasteiger partial charge in [-0.05, 0) is 49.2 Å². The van der Waals surface area contributed by atoms with Gasteiger partial charge in [0, 0.05) is 5.41 Å². The van der Waals surface area contributed by atoms with Gasteiger partial charge in [-0.3, -0.25) is 0 Å². The summed E-state index contributed by atoms with van der Waals surface area (Å²) >= 11 is 0. The Balaban J connectivity index is 1.76. The molecule has 1 saturated heterocycles. The molecule has 3 nitrogen and oxygen atoms in total. The van der Waals surface area contributed by atoms with Crippen molar-refractivity contribution < 1.29 is 14.2 Å². The molecule has 1 heterocycles. The minimum absolute atomic E-state index is 0.105. The molecule has 1 atom stereocenters. The van der Waals surface area contributed by atoms with Crippen LogP contribution in [-0.4, -0.2) is 25.4 Å². The van der Waals surface area contributed by atoms with Crippen molar-refractivity contribution in [2.24, 2.45) is 0 Å². The van der Waals surface area contributed by atoms with Gasteiger partial charge in [-0.15, -0.1) is 0 Å². The van der Waals surface area contributed by atoms with Crippen LogP contribution >= 0.6 is 0 Å². The van der Waals surface area contributed by atoms with Crippen LogP contribution in [-0.2, 0) is 10.2 Å². The highest BCUT2D eigenvalue weighted by atomic mass is 16.6. The zero-order valence-corrected chi connectivity index (χ0v) is 14.9. The second kappa shape index (κ2) is 6.86. The molecule has 0 saturated carbocycles. The maximum absolute atomic E-state index is 5.82. The smallest absolute Gasteiger partial charge is 0.119 e. The normalized spacial score (nSPS) is 17.0. The standard InChI is InChI=1S/C21H26O3/c1-15(2)24-18-10-8-16(9-11-18)21(3,4)17-6-5-7-19(12-17)22-13-20-14-23-20/h5-12,15,20H,13-14H2,1-4H3. The van der Waals surface area contributed by atoms with Gasteiger partial charge in [0.1, 0.15) is 24.2 Å². The first-order chi connectivity index (χ1) is 11.4. The molecule has 0 aliphatic carbocycles. The Morgan fingerprint density at radius 3 is 2.38 bits per heavy atom. The zero-order valence-electron chi connectivity index (χ0n) is 14.9. The molecule has 0 amide bonds. The summed E-state index contributed by atoms with van der Waals surface area (Å²) < 4.78 is 16.8. The van der Waals surface area contributed by atoms with Crippen LogP contribution in [0.3, 0.4) is 0 Å². The van der Waals surface area contributed by atoms with Crippen LogP contribution in [0.25, 0.3) is 0 Å². The third kappa shape index (κ3) is 4.09. The Bertz CT molecular complexity index is 670. The summed E-state index contributed by atoms with van der Waals surface area (Å²) in [6, 6.07) is 16.7. The average Bonchev–Trinajstić information content (AvgIpc) is 3.37. The van der Waals surface area contributed by atoms with Crippen LogP contribution < -0.4 is 9.47 Å². The van der Waals surface area contributed by atoms with Crippen molar-refractivity contribution in [2.45, 2.75) is 45.3 Å². The van der Waals surface area contributed by atoms with Crippen molar-refractivity contribution in [3.8, 4) is 11.5 Å². The number of benzene rings is 2. The third-order valence-corrected chi connectivity index (χ3v) is 4.34. The van der Waals surface area contributed by atoms with E-state index in [1.807, 2.05) is 32.0 Å². The minimum atomic E-state index is -0.105. The SMILES string of the molecule is CC(C)Oc1ccc(C(C)(C)c2cccc(OCC3CO3)c2)cc1. The summed E-state index contributed by atoms with van der Waals surface area (Å²) in [5.74, 6) is 1.81. The van der Waals surface area contributed by atoms with Gasteiger partial charge in [0.25, 0.3) is 0 Å². The van der Waals surface area contributed by atoms with Crippen LogP contribution in [0.2, 0.25) is 0 Å². The number of ether oxygens (including phenoxy) is 3. The molecular formula is C21H26O3. The summed E-state index contributed by atoms with van der Waals surface area (Å²) in [4.78, 5) is 0. The van der Waals surface area contributed by atoms with Crippen molar-refractivity contribution in [2.75, 3.05) is 13.2 Å². The topological polar surface area (TPSA) is 31.0 Å². The minimum Gasteiger partial charge on any atom is -0.491 e. The van der Waals surface area contributed by atoms with Crippen LogP contribution in [0.15, 0.2) is 48.5 Å². The van der Waals surface area contributed by atoms with Crippen LogP contribution in [0.1, 0.15) is 38.8 Å². The maximum Gasteiger partial charge on any atom is 0.119 e. The molecule has 0 spiro atoms. The van der Waals surface area contributed by atoms with Gasteiger partial charge in [-0.25, -0.2) is 0 Å². The maximum atomic E-state index is 5.82. The van der Waals surface area contributed by atoms with E-state index in [9.17, 15) is 0 Å². The molecule has 1 fully saturated rings. The summed E-state index contributed by atoms with van der Waals surface area (Å²) in [6.45, 7) is 9.98. The number of epoxide rings is 1. The van der Waals surface area contributed by atoms with E-state index in [1.54, 1.807) is 0 Å². The molecule has 3 rings (SSSR count). The summed E-state index contributed by atoms with van der Waals surface area (Å²) in [7, 11) is 0. The van der Waals surface area contributed by atoms with Crippen LogP contribution in [0.5, 0.6) is 11.5 Å². The predicted octanol–water partition coefficient (Wildman–Crippen LogP) is 4.58. The first kappa shape index (κ1) is 16.8. The lowest BCUT2D eigenvalue weighted by Gasteiger charge is -2.27. The van der Waals surface area contributed by atoms with Gasteiger partial charge < -0.3 is 14.2 Å². The highest BCUT2D eigenvalue weighted by molar-refractivity contribution is 5.42. The fourth-order valence-electron chi connectivity index (χ4n) is 2.72. The molecule has 2 aromatic rings. The quantitative estimate of drug-likeness (QED) is 0.698. The fourth-order valence-corrected chi connectivity index (χ4v) is 2.72. The van der Waals surface area contributed by atoms with E-state index in [0.717, 1.165) is 18.1 Å². The molecule has 3 heteroatoms. The van der Waals surface area contributed by atoms with Gasteiger partial charge >= 0.3 is 0 Å². The van der Waals surface area contributed by atoms with E-state index >= 15 is 0 Å². The highest BCUT2D eigenvalue weighted by Gasteiger charge is 2.25. The molecule has 0 aromatic heterocycles. The Morgan fingerprint density at radius 1 is 1.04 bits per heavy atom. The van der Waals surface area contributed by atoms with E-state index in [1.165, 1.54) is 11.1 Å². The molecule has 0 bridgehead atoms. The first-order valence-electron chi connectivity index (χ1n) is 8.57. The van der Waals surface area contributed by atoms with E-state index in [-0.39, 0.29) is 17.6 Å². The molecule has 0 radical (unpaired) electrons. The molecule has 128 valence electrons. The lowest BCUT2D eigenvalue weighted by Crippen LogP contribution is -2.19. The number of hydrogen-bond donors (Lipinski definition) is 0. The van der Waals surface area contributed by atoms with Crippen molar-refractivity contribution in [1.29, 1.82) is 0 Å². The van der Waals surface area contributed by atoms with Gasteiger partial charge in [-0.2, -0.15) is 0 Å². The number of hydrogen-bond acceptors (Lipinski definition) is 3. The van der Waals surface area contributed by atoms with Crippen LogP contribution in [0.4, 0.5) is 0 Å². The summed E-state index contributed by atoms with van der Waals surface area (Å²) in [5.41, 5.74) is 2.38. The highest BCUT2D eigenvalue weighted by Crippen LogP contribution is 2.34. The Labute approximate surface area is 144 Å². The van der Waals surface area contributed by atoms with Gasteiger partial charge in [0.15, 0.2) is 0 Å². The summed E-state index contributed by atoms with van der Waals surface area (Å²) in [5, 5.41) is 0. The molecule has 1 aliphatic rings. The Hall–Kier alpha value is -2.00. The third-order valence-electron chi connectivity index (χ3n) is 4.34. The van der Waals surface area contributed by atoms with E-state index in [0.29, 0.717) is 6.61 Å². The van der Waals surface area contributed by atoms with Crippen molar-refractivity contribution in [3.05, 3.63) is 59.7 Å². The van der Waals surface area contributed by atoms with E-state index in [2.05, 4.69) is 44.2 Å². The molecule has 1 aliphatic heterocycles. The monoisotopic (exact) mass is 326 g/mol. The van der Waals surface area contributed by atoms with Crippen molar-refractivity contribution in [1.82, 2.24) is 0 Å². The van der Waals surface area contributed by atoms with Crippen LogP contribution in [0, 0.1) is 0 Å². The van der Waals surface area contributed by atoms with Crippen molar-refractivity contribution >= 4 is 0 Å². The number of rotatable bonds is 7. The zero-order chi connectivity index (χ0) is 17.2. The predicted molar refractivity (Wildman–Crippen MR) is 96.0 cm³/mol. The van der Waals surface area contributed by atoms with Gasteiger partial charge in [0.2, 0.25) is 0 Å². The molecule has 1 unspecified atom stereocenters. The van der Waals surface area contributed by atoms with Gasteiger partial charge in [0.05, 0.1) is 12.7 Å². The second-order valence-electron chi connectivity index (χ2n) is 7.11. The molecule has 0 N–H and O–H groups in total. The Kier molecular flexibility index (Phi) is 4.81. The van der Waals surface area contributed by atoms with Crippen molar-refractivity contribution in [3.63, 3.8) is 0 Å². The molecular weight excluding hydrogens is 300 g/mol. The second-order valence-corrected chi connectivity index (χ2v) is 7.11. The molecule has 2 aromatic carbocycles.